The molecule has 14 heteroatoms. The first-order valence-corrected chi connectivity index (χ1v) is 12.0. The normalized spacial score (nSPS) is 14.2. The summed E-state index contributed by atoms with van der Waals surface area (Å²) in [4.78, 5) is 27.7. The molecular weight excluding hydrogens is 506 g/mol. The van der Waals surface area contributed by atoms with Gasteiger partial charge in [-0.3, -0.25) is 9.69 Å². The van der Waals surface area contributed by atoms with E-state index in [1.165, 1.54) is 4.68 Å². The first kappa shape index (κ1) is 25.7. The molecule has 5 rings (SSSR count). The number of nitrogens with zero attached hydrogens (tertiary/aromatic N) is 7. The highest BCUT2D eigenvalue weighted by molar-refractivity contribution is 6.01. The van der Waals surface area contributed by atoms with Crippen molar-refractivity contribution in [1.29, 1.82) is 0 Å². The lowest BCUT2D eigenvalue weighted by Gasteiger charge is -2.25. The maximum absolute atomic E-state index is 13.3. The van der Waals surface area contributed by atoms with E-state index in [9.17, 15) is 9.59 Å². The van der Waals surface area contributed by atoms with Crippen LogP contribution in [0.5, 0.6) is 5.75 Å². The molecule has 3 heterocycles. The summed E-state index contributed by atoms with van der Waals surface area (Å²) >= 11 is 0. The van der Waals surface area contributed by atoms with Crippen molar-refractivity contribution in [3.8, 4) is 11.6 Å². The molecule has 2 aromatic carbocycles. The summed E-state index contributed by atoms with van der Waals surface area (Å²) in [5.74, 6) is -0.645. The molecule has 0 atom stereocenters. The number of hydrogen-bond acceptors (Lipinski definition) is 12. The van der Waals surface area contributed by atoms with Crippen molar-refractivity contribution in [1.82, 2.24) is 35.6 Å². The summed E-state index contributed by atoms with van der Waals surface area (Å²) < 4.78 is 16.7. The molecule has 14 nitrogen and oxygen atoms in total. The van der Waals surface area contributed by atoms with Gasteiger partial charge < -0.3 is 15.2 Å². The van der Waals surface area contributed by atoms with Gasteiger partial charge in [-0.1, -0.05) is 23.4 Å². The van der Waals surface area contributed by atoms with Crippen LogP contribution in [0.15, 0.2) is 64.3 Å². The molecule has 1 amide bonds. The van der Waals surface area contributed by atoms with E-state index in [2.05, 4.69) is 40.7 Å². The molecule has 0 unspecified atom stereocenters. The summed E-state index contributed by atoms with van der Waals surface area (Å²) in [7, 11) is 0. The fourth-order valence-corrected chi connectivity index (χ4v) is 3.86. The number of amides is 1. The molecule has 0 saturated carbocycles. The summed E-state index contributed by atoms with van der Waals surface area (Å²) in [6.07, 6.45) is 0. The number of nitrogens with one attached hydrogen (secondary N) is 1. The van der Waals surface area contributed by atoms with Crippen molar-refractivity contribution < 1.29 is 23.7 Å². The van der Waals surface area contributed by atoms with Crippen LogP contribution < -0.4 is 15.9 Å². The Morgan fingerprint density at radius 1 is 1.05 bits per heavy atom. The SMILES string of the molecule is C/C(=N\NC(=O)c1c(CN2CCOCC2)nnn1-c1nonc1N)c1ccc(OC(=O)c2ccccc2)cc1. The molecule has 200 valence electrons. The number of rotatable bonds is 8. The van der Waals surface area contributed by atoms with Gasteiger partial charge >= 0.3 is 5.97 Å². The van der Waals surface area contributed by atoms with Crippen molar-refractivity contribution in [2.45, 2.75) is 13.5 Å². The number of benzene rings is 2. The standard InChI is InChI=1S/C25H25N9O5/c1-16(17-7-9-19(10-8-17)38-25(36)18-5-3-2-4-6-18)27-29-24(35)21-20(15-33-11-13-37-14-12-33)28-32-34(21)23-22(26)30-39-31-23/h2-10H,11-15H2,1H3,(H2,26,30)(H,29,35)/b27-16+. The number of carbonyl (C=O) groups is 2. The number of nitrogen functional groups attached to an aromatic ring is 1. The Morgan fingerprint density at radius 3 is 2.49 bits per heavy atom. The highest BCUT2D eigenvalue weighted by atomic mass is 16.6. The Balaban J connectivity index is 1.31. The van der Waals surface area contributed by atoms with Gasteiger partial charge in [-0.2, -0.15) is 9.78 Å². The topological polar surface area (TPSA) is 176 Å². The van der Waals surface area contributed by atoms with Crippen molar-refractivity contribution in [2.24, 2.45) is 5.10 Å². The third-order valence-electron chi connectivity index (χ3n) is 5.95. The maximum atomic E-state index is 13.3. The van der Waals surface area contributed by atoms with Gasteiger partial charge in [-0.15, -0.1) is 5.10 Å². The summed E-state index contributed by atoms with van der Waals surface area (Å²) in [6.45, 7) is 4.65. The average Bonchev–Trinajstić information content (AvgIpc) is 3.58. The maximum Gasteiger partial charge on any atom is 0.343 e. The van der Waals surface area contributed by atoms with Crippen LogP contribution in [-0.2, 0) is 11.3 Å². The molecule has 2 aromatic heterocycles. The Labute approximate surface area is 222 Å². The third kappa shape index (κ3) is 5.97. The number of aromatic nitrogens is 5. The molecule has 1 aliphatic rings. The largest absolute Gasteiger partial charge is 0.423 e. The molecule has 1 fully saturated rings. The van der Waals surface area contributed by atoms with Gasteiger partial charge in [0.15, 0.2) is 5.69 Å². The highest BCUT2D eigenvalue weighted by Crippen LogP contribution is 2.18. The van der Waals surface area contributed by atoms with E-state index in [1.54, 1.807) is 55.5 Å². The van der Waals surface area contributed by atoms with Gasteiger partial charge in [0.05, 0.1) is 24.5 Å². The second-order valence-corrected chi connectivity index (χ2v) is 8.58. The summed E-state index contributed by atoms with van der Waals surface area (Å²) in [5.41, 5.74) is 10.6. The predicted molar refractivity (Wildman–Crippen MR) is 137 cm³/mol. The summed E-state index contributed by atoms with van der Waals surface area (Å²) in [5, 5.41) is 19.8. The second-order valence-electron chi connectivity index (χ2n) is 8.58. The lowest BCUT2D eigenvalue weighted by molar-refractivity contribution is 0.0335. The van der Waals surface area contributed by atoms with Crippen LogP contribution in [0, 0.1) is 0 Å². The monoisotopic (exact) mass is 531 g/mol. The minimum atomic E-state index is -0.571. The zero-order valence-electron chi connectivity index (χ0n) is 21.0. The molecule has 0 spiro atoms. The predicted octanol–water partition coefficient (Wildman–Crippen LogP) is 1.44. The van der Waals surface area contributed by atoms with Gasteiger partial charge in [0.1, 0.15) is 11.4 Å². The van der Waals surface area contributed by atoms with Crippen LogP contribution in [0.25, 0.3) is 5.82 Å². The van der Waals surface area contributed by atoms with Crippen molar-refractivity contribution >= 4 is 23.4 Å². The smallest absolute Gasteiger partial charge is 0.343 e. The molecular formula is C25H25N9O5. The highest BCUT2D eigenvalue weighted by Gasteiger charge is 2.26. The van der Waals surface area contributed by atoms with E-state index in [1.807, 2.05) is 6.07 Å². The van der Waals surface area contributed by atoms with E-state index >= 15 is 0 Å². The van der Waals surface area contributed by atoms with Crippen LogP contribution in [0.2, 0.25) is 0 Å². The van der Waals surface area contributed by atoms with E-state index in [-0.39, 0.29) is 17.3 Å². The third-order valence-corrected chi connectivity index (χ3v) is 5.95. The average molecular weight is 532 g/mol. The van der Waals surface area contributed by atoms with Crippen LogP contribution in [0.4, 0.5) is 5.82 Å². The van der Waals surface area contributed by atoms with Gasteiger partial charge in [0.25, 0.3) is 5.91 Å². The van der Waals surface area contributed by atoms with Crippen LogP contribution in [0.3, 0.4) is 0 Å². The molecule has 0 bridgehead atoms. The quantitative estimate of drug-likeness (QED) is 0.146. The number of carbonyl (C=O) groups excluding carboxylic acids is 2. The molecule has 3 N–H and O–H groups in total. The van der Waals surface area contributed by atoms with E-state index in [4.69, 9.17) is 15.2 Å². The molecule has 4 aromatic rings. The lowest BCUT2D eigenvalue weighted by Crippen LogP contribution is -2.36. The van der Waals surface area contributed by atoms with Crippen LogP contribution in [-0.4, -0.2) is 74.1 Å². The Morgan fingerprint density at radius 2 is 1.79 bits per heavy atom. The first-order valence-electron chi connectivity index (χ1n) is 12.0. The van der Waals surface area contributed by atoms with Gasteiger partial charge in [0, 0.05) is 19.6 Å². The van der Waals surface area contributed by atoms with E-state index < -0.39 is 11.9 Å². The van der Waals surface area contributed by atoms with Crippen molar-refractivity contribution in [2.75, 3.05) is 32.0 Å². The van der Waals surface area contributed by atoms with Crippen molar-refractivity contribution in [3.63, 3.8) is 0 Å². The number of nitrogens with two attached hydrogens (primary N) is 1. The van der Waals surface area contributed by atoms with Crippen LogP contribution >= 0.6 is 0 Å². The second kappa shape index (κ2) is 11.6. The number of esters is 1. The fraction of sp³-hybridized carbons (Fsp3) is 0.240. The molecule has 0 radical (unpaired) electrons. The van der Waals surface area contributed by atoms with Crippen LogP contribution in [0.1, 0.15) is 39.0 Å². The van der Waals surface area contributed by atoms with E-state index in [0.29, 0.717) is 61.1 Å². The molecule has 0 aliphatic carbocycles. The first-order chi connectivity index (χ1) is 19.0. The van der Waals surface area contributed by atoms with Gasteiger partial charge in [-0.25, -0.2) is 14.8 Å². The zero-order chi connectivity index (χ0) is 27.2. The Kier molecular flexibility index (Phi) is 7.65. The Hall–Kier alpha value is -4.95. The number of hydrogen-bond donors (Lipinski definition) is 2. The van der Waals surface area contributed by atoms with Crippen molar-refractivity contribution in [3.05, 3.63) is 77.1 Å². The van der Waals surface area contributed by atoms with Gasteiger partial charge in [0.2, 0.25) is 11.6 Å². The Bertz CT molecular complexity index is 1480. The molecule has 39 heavy (non-hydrogen) atoms. The van der Waals surface area contributed by atoms with E-state index in [0.717, 1.165) is 0 Å². The number of hydrazone groups is 1. The minimum absolute atomic E-state index is 0.0420. The fourth-order valence-electron chi connectivity index (χ4n) is 3.86. The number of morpholine rings is 1. The summed E-state index contributed by atoms with van der Waals surface area (Å²) in [6, 6.07) is 15.5. The number of ether oxygens (including phenoxy) is 2. The van der Waals surface area contributed by atoms with Gasteiger partial charge in [-0.05, 0) is 59.2 Å². The molecule has 1 saturated heterocycles. The zero-order valence-corrected chi connectivity index (χ0v) is 21.0. The molecule has 1 aliphatic heterocycles. The minimum Gasteiger partial charge on any atom is -0.423 e. The number of anilines is 1. The lowest BCUT2D eigenvalue weighted by atomic mass is 10.1.